The van der Waals surface area contributed by atoms with E-state index in [1.54, 1.807) is 145 Å². The monoisotopic (exact) mass is 1860 g/mol. The van der Waals surface area contributed by atoms with Crippen LogP contribution in [0.5, 0.6) is 0 Å². The summed E-state index contributed by atoms with van der Waals surface area (Å²) in [5.74, 6) is -9.99. The number of nitrogens with two attached hydrogens (primary N) is 2. The topological polar surface area (TPSA) is 642 Å². The first-order valence-electron chi connectivity index (χ1n) is 29.3. The minimum Gasteiger partial charge on any atom is -0.917 e. The van der Waals surface area contributed by atoms with E-state index in [0.717, 1.165) is 5.69 Å². The maximum absolute atomic E-state index is 11.7. The molecule has 0 fully saturated rings. The van der Waals surface area contributed by atoms with E-state index in [1.807, 2.05) is 57.2 Å². The molecule has 0 aliphatic rings. The Morgan fingerprint density at radius 3 is 0.945 bits per heavy atom. The van der Waals surface area contributed by atoms with E-state index in [0.29, 0.717) is 18.0 Å². The molecule has 3 aromatic rings. The Morgan fingerprint density at radius 2 is 0.736 bits per heavy atom. The summed E-state index contributed by atoms with van der Waals surface area (Å²) in [6.45, 7) is 28.1. The summed E-state index contributed by atoms with van der Waals surface area (Å²) < 4.78 is 197. The number of esters is 4. The van der Waals surface area contributed by atoms with Crippen LogP contribution in [0.4, 0.5) is 17.1 Å². The Balaban J connectivity index is -0.0000000980. The number of hydrogen-bond acceptors (Lipinski definition) is 30. The number of aliphatic carboxylic acids is 1. The number of rotatable bonds is 22. The number of sulfonamides is 4. The summed E-state index contributed by atoms with van der Waals surface area (Å²) >= 11 is 18.9. The number of amides is 2. The molecule has 0 saturated heterocycles. The number of nitrogens with one attached hydrogen (secondary N) is 6. The summed E-state index contributed by atoms with van der Waals surface area (Å²) in [7, 11) is -21.0. The molecule has 0 bridgehead atoms. The van der Waals surface area contributed by atoms with Gasteiger partial charge in [0.05, 0.1) is 26.4 Å². The second-order valence-corrected chi connectivity index (χ2v) is 41.7. The first kappa shape index (κ1) is 134. The number of alkyl halides is 1. The van der Waals surface area contributed by atoms with Crippen LogP contribution in [0, 0.1) is 0 Å². The first-order chi connectivity index (χ1) is 47.3. The molecule has 3 aromatic carbocycles. The zero-order valence-electron chi connectivity index (χ0n) is 64.2. The molecule has 0 aromatic heterocycles. The summed E-state index contributed by atoms with van der Waals surface area (Å²) in [6, 6.07) is 26.8. The van der Waals surface area contributed by atoms with Gasteiger partial charge in [-0.2, -0.15) is 19.4 Å². The molecular formula is C56H98Cl5N8Na3O30PS7-. The van der Waals surface area contributed by atoms with Crippen molar-refractivity contribution in [1.82, 2.24) is 14.2 Å². The van der Waals surface area contributed by atoms with Crippen molar-refractivity contribution in [1.29, 1.82) is 0 Å². The molecule has 0 aliphatic heterocycles. The van der Waals surface area contributed by atoms with Gasteiger partial charge >= 0.3 is 124 Å². The van der Waals surface area contributed by atoms with Gasteiger partial charge in [0.25, 0.3) is 10.1 Å². The minimum atomic E-state index is -4.22. The fraction of sp³-hybridized carbons (Fsp3) is 0.554. The molecular weight excluding hydrogens is 1770 g/mol. The smallest absolute Gasteiger partial charge is 0.917 e. The van der Waals surface area contributed by atoms with E-state index in [-0.39, 0.29) is 131 Å². The fourth-order valence-corrected chi connectivity index (χ4v) is 10.8. The molecule has 0 aliphatic carbocycles. The summed E-state index contributed by atoms with van der Waals surface area (Å²) in [5, 5.41) is 14.6. The number of carboxylic acids is 1. The van der Waals surface area contributed by atoms with Crippen molar-refractivity contribution in [2.75, 3.05) is 83.2 Å². The minimum absolute atomic E-state index is 0. The van der Waals surface area contributed by atoms with Crippen LogP contribution in [0.15, 0.2) is 91.0 Å². The van der Waals surface area contributed by atoms with Gasteiger partial charge in [-0.05, 0) is 160 Å². The third-order valence-corrected chi connectivity index (χ3v) is 14.5. The zero-order valence-corrected chi connectivity index (χ0v) is 80.5. The second-order valence-electron chi connectivity index (χ2n) is 23.4. The maximum Gasteiger partial charge on any atom is 1.00 e. The standard InChI is InChI=1S/C12H18N2O3S.C8H10N2O3S.C8H17NO4S.C6H13NO4S.C6H7N.C4H7ClO4S.C4H7ClO2.C4H10N.C4H8O5S.Cl3OP.3Na.O3S.H2O/c1-12(2,3)14-18(16,17)9-11(15)13-10-7-5-4-6-8-10;9-14(12,13)6-8(11)10-7-4-2-1-3-5-7;1-5-13-7(10)6-14(11,12)9-8(2,3)4;1-6(2,3)7-12(10,11)4-5(8)9;7-6-4-2-1-3-5-6;1-2-9-4(6)3-10(5,7)8;1-2-7-4(6)3-5;1-4(2,3)5;1-2-9-4(5)3-10(6,7)8;1-5(2,3)4;;;;1-4(2)3;/h4-8,14H,9H2,1-3H3,(H,13,15);1-5H,6H2,(H,10,11)(H2,9,12,13);9H,5-6H2,1-4H3;7H,4H2,1-3H3,(H,8,9);1-5H,7H2;2-3H2,1H3;2-3H2,1H3;5H,1-3H3;2-3H2,1H3,(H,6,7,8);;;;;;1H2/q;;;;;;;-1;;;3*+1;-2;/p-1. The first-order valence-corrected chi connectivity index (χ1v) is 46.0. The van der Waals surface area contributed by atoms with Gasteiger partial charge in [-0.1, -0.05) is 75.4 Å². The summed E-state index contributed by atoms with van der Waals surface area (Å²) in [6.07, 6.45) is 0. The number of carbonyl (C=O) groups is 7. The molecule has 0 atom stereocenters. The number of benzene rings is 3. The Bertz CT molecular complexity index is 3840. The summed E-state index contributed by atoms with van der Waals surface area (Å²) in [5.41, 5.74) is 12.2. The quantitative estimate of drug-likeness (QED) is 0.00494. The van der Waals surface area contributed by atoms with E-state index in [9.17, 15) is 88.6 Å². The maximum atomic E-state index is 11.7. The van der Waals surface area contributed by atoms with Crippen molar-refractivity contribution in [3.8, 4) is 0 Å². The van der Waals surface area contributed by atoms with Gasteiger partial charge in [0.1, 0.15) is 17.4 Å². The normalized spacial score (nSPS) is 10.9. The van der Waals surface area contributed by atoms with E-state index in [1.165, 1.54) is 0 Å². The molecule has 0 radical (unpaired) electrons. The number of ether oxygens (including phenoxy) is 4. The van der Waals surface area contributed by atoms with Gasteiger partial charge in [-0.3, -0.25) is 42.7 Å². The van der Waals surface area contributed by atoms with Crippen LogP contribution in [0.3, 0.4) is 0 Å². The summed E-state index contributed by atoms with van der Waals surface area (Å²) in [4.78, 5) is 74.4. The Hall–Kier alpha value is -2.24. The number of hydrogen-bond donors (Lipinski definition) is 9. The largest absolute Gasteiger partial charge is 1.00 e. The number of primary sulfonamides is 1. The molecule has 0 spiro atoms. The number of carboxylic acid groups (broad SMARTS) is 1. The van der Waals surface area contributed by atoms with E-state index >= 15 is 0 Å². The van der Waals surface area contributed by atoms with Crippen LogP contribution in [0.1, 0.15) is 111 Å². The Morgan fingerprint density at radius 1 is 0.500 bits per heavy atom. The van der Waals surface area contributed by atoms with E-state index in [4.69, 9.17) is 61.5 Å². The second kappa shape index (κ2) is 68.8. The molecule has 0 saturated carbocycles. The molecule has 38 nitrogen and oxygen atoms in total. The van der Waals surface area contributed by atoms with Crippen LogP contribution in [0.25, 0.3) is 5.73 Å². The van der Waals surface area contributed by atoms with Crippen molar-refractivity contribution < 1.29 is 224 Å². The average Bonchev–Trinajstić information content (AvgIpc) is 0.874. The number of carbonyl (C=O) groups excluding carboxylic acids is 6. The van der Waals surface area contributed by atoms with Crippen molar-refractivity contribution in [3.63, 3.8) is 0 Å². The molecule has 0 heterocycles. The molecule has 3 rings (SSSR count). The predicted octanol–water partition coefficient (Wildman–Crippen LogP) is -2.17. The van der Waals surface area contributed by atoms with Crippen LogP contribution >= 0.6 is 61.2 Å². The zero-order chi connectivity index (χ0) is 85.6. The van der Waals surface area contributed by atoms with Crippen molar-refractivity contribution in [3.05, 3.63) is 96.7 Å². The van der Waals surface area contributed by atoms with Crippen LogP contribution in [-0.2, 0) is 136 Å². The van der Waals surface area contributed by atoms with Crippen molar-refractivity contribution in [2.45, 2.75) is 133 Å². The molecule has 110 heavy (non-hydrogen) atoms. The van der Waals surface area contributed by atoms with Gasteiger partial charge in [-0.25, -0.2) is 61.4 Å². The van der Waals surface area contributed by atoms with Gasteiger partial charge in [-0.15, -0.1) is 17.1 Å². The molecule has 54 heteroatoms. The molecule has 0 unspecified atom stereocenters. The molecule has 13 N–H and O–H groups in total. The average molecular weight is 1870 g/mol. The fourth-order valence-electron chi connectivity index (χ4n) is 5.17. The van der Waals surface area contributed by atoms with Crippen LogP contribution in [0.2, 0.25) is 0 Å². The van der Waals surface area contributed by atoms with Gasteiger partial charge in [0.2, 0.25) is 61.0 Å². The van der Waals surface area contributed by atoms with Gasteiger partial charge < -0.3 is 64.6 Å². The van der Waals surface area contributed by atoms with E-state index in [2.05, 4.69) is 77.5 Å². The predicted molar refractivity (Wildman–Crippen MR) is 411 cm³/mol. The van der Waals surface area contributed by atoms with Crippen LogP contribution < -0.4 is 124 Å². The number of halogens is 5. The van der Waals surface area contributed by atoms with E-state index < -0.39 is 162 Å². The Kier molecular flexibility index (Phi) is 83.8. The number of para-hydroxylation sites is 3. The van der Waals surface area contributed by atoms with Crippen molar-refractivity contribution in [2.24, 2.45) is 5.14 Å². The van der Waals surface area contributed by atoms with Crippen molar-refractivity contribution >= 4 is 190 Å². The molecule has 628 valence electrons. The number of nitrogen functional groups attached to an aromatic ring is 1. The SMILES string of the molecule is CC(C)(C)NS(=O)(=O)CC(=O)Nc1ccccc1.CC(C)(C)NS(=O)(=O)CC(=O)O.CC(C)(C)[NH-].CCOC(=O)CCl.CCOC(=O)CS(=O)(=O)Cl.CCOC(=O)CS(=O)(=O)NC(C)(C)C.CCOC(=O)CS(=O)(=O)O.NS(=O)(=O)CC(=O)Nc1ccccc1.Nc1ccccc1.O=P(Cl)(Cl)Cl.O=[S-](=O)[O-].[Na+].[Na+].[Na+].[OH-]. The van der Waals surface area contributed by atoms with Gasteiger partial charge in [0.15, 0.2) is 23.0 Å². The third-order valence-electron chi connectivity index (χ3n) is 7.50. The Labute approximate surface area is 738 Å². The van der Waals surface area contributed by atoms with Crippen LogP contribution in [-0.4, -0.2) is 201 Å². The molecule has 2 amide bonds. The number of anilines is 3. The third kappa shape index (κ3) is 138. The van der Waals surface area contributed by atoms with Gasteiger partial charge in [0, 0.05) is 44.4 Å².